The van der Waals surface area contributed by atoms with Crippen LogP contribution in [0.1, 0.15) is 39.5 Å². The van der Waals surface area contributed by atoms with E-state index in [2.05, 4.69) is 17.1 Å². The molecule has 0 radical (unpaired) electrons. The minimum absolute atomic E-state index is 0.826. The monoisotopic (exact) mass is 228 g/mol. The molecule has 1 aliphatic carbocycles. The first-order valence-corrected chi connectivity index (χ1v) is 6.91. The van der Waals surface area contributed by atoms with E-state index in [4.69, 9.17) is 4.74 Å². The van der Waals surface area contributed by atoms with Gasteiger partial charge >= 0.3 is 0 Å². The Hall–Kier alpha value is -0.120. The molecule has 1 N–H and O–H groups in total. The van der Waals surface area contributed by atoms with Crippen LogP contribution < -0.4 is 5.32 Å². The van der Waals surface area contributed by atoms with E-state index in [1.54, 1.807) is 0 Å². The number of unbranched alkanes of at least 4 members (excludes halogenated alkanes) is 1. The molecule has 0 saturated heterocycles. The molecule has 3 heteroatoms. The normalized spacial score (nSPS) is 15.9. The van der Waals surface area contributed by atoms with Crippen molar-refractivity contribution in [2.75, 3.05) is 39.4 Å². The Bertz CT molecular complexity index is 160. The Labute approximate surface area is 101 Å². The maximum absolute atomic E-state index is 5.29. The maximum atomic E-state index is 5.29. The lowest BCUT2D eigenvalue weighted by molar-refractivity contribution is 0.148. The van der Waals surface area contributed by atoms with E-state index in [1.165, 1.54) is 38.8 Å². The van der Waals surface area contributed by atoms with Crippen LogP contribution in [0.3, 0.4) is 0 Å². The van der Waals surface area contributed by atoms with Gasteiger partial charge < -0.3 is 10.1 Å². The third-order valence-corrected chi connectivity index (χ3v) is 3.07. The van der Waals surface area contributed by atoms with Crippen LogP contribution >= 0.6 is 0 Å². The lowest BCUT2D eigenvalue weighted by atomic mass is 10.3. The Morgan fingerprint density at radius 3 is 2.62 bits per heavy atom. The molecule has 1 rings (SSSR count). The van der Waals surface area contributed by atoms with Gasteiger partial charge in [0, 0.05) is 32.3 Å². The number of rotatable bonds is 11. The van der Waals surface area contributed by atoms with Crippen LogP contribution in [-0.4, -0.2) is 50.3 Å². The fourth-order valence-corrected chi connectivity index (χ4v) is 1.91. The first-order chi connectivity index (χ1) is 7.88. The quantitative estimate of drug-likeness (QED) is 0.546. The van der Waals surface area contributed by atoms with Crippen molar-refractivity contribution in [2.45, 2.75) is 45.6 Å². The molecule has 0 atom stereocenters. The van der Waals surface area contributed by atoms with Gasteiger partial charge in [0.25, 0.3) is 0 Å². The van der Waals surface area contributed by atoms with Crippen molar-refractivity contribution >= 4 is 0 Å². The molecule has 3 nitrogen and oxygen atoms in total. The van der Waals surface area contributed by atoms with Gasteiger partial charge in [0.05, 0.1) is 6.61 Å². The lowest BCUT2D eigenvalue weighted by Gasteiger charge is -2.21. The Kier molecular flexibility index (Phi) is 7.81. The molecule has 16 heavy (non-hydrogen) atoms. The van der Waals surface area contributed by atoms with Crippen LogP contribution in [0.25, 0.3) is 0 Å². The zero-order valence-corrected chi connectivity index (χ0v) is 11.0. The second-order valence-electron chi connectivity index (χ2n) is 4.57. The highest BCUT2D eigenvalue weighted by Gasteiger charge is 2.27. The smallest absolute Gasteiger partial charge is 0.0590 e. The van der Waals surface area contributed by atoms with Crippen molar-refractivity contribution in [1.29, 1.82) is 0 Å². The summed E-state index contributed by atoms with van der Waals surface area (Å²) in [6, 6.07) is 0.903. The second-order valence-corrected chi connectivity index (χ2v) is 4.57. The van der Waals surface area contributed by atoms with Crippen molar-refractivity contribution in [3.05, 3.63) is 0 Å². The Morgan fingerprint density at radius 2 is 2.00 bits per heavy atom. The summed E-state index contributed by atoms with van der Waals surface area (Å²) in [7, 11) is 0. The topological polar surface area (TPSA) is 24.5 Å². The van der Waals surface area contributed by atoms with E-state index in [0.717, 1.165) is 32.3 Å². The summed E-state index contributed by atoms with van der Waals surface area (Å²) in [5.74, 6) is 0. The molecule has 0 aliphatic heterocycles. The predicted octanol–water partition coefficient (Wildman–Crippen LogP) is 1.88. The average molecular weight is 228 g/mol. The summed E-state index contributed by atoms with van der Waals surface area (Å²) in [5.41, 5.74) is 0. The van der Waals surface area contributed by atoms with E-state index < -0.39 is 0 Å². The predicted molar refractivity (Wildman–Crippen MR) is 68.9 cm³/mol. The number of nitrogens with zero attached hydrogens (tertiary/aromatic N) is 1. The van der Waals surface area contributed by atoms with E-state index in [0.29, 0.717) is 0 Å². The minimum Gasteiger partial charge on any atom is -0.380 e. The Balaban J connectivity index is 1.95. The summed E-state index contributed by atoms with van der Waals surface area (Å²) >= 11 is 0. The minimum atomic E-state index is 0.826. The Morgan fingerprint density at radius 1 is 1.19 bits per heavy atom. The van der Waals surface area contributed by atoms with E-state index in [9.17, 15) is 0 Å². The maximum Gasteiger partial charge on any atom is 0.0590 e. The summed E-state index contributed by atoms with van der Waals surface area (Å²) in [5, 5.41) is 3.44. The highest BCUT2D eigenvalue weighted by molar-refractivity contribution is 4.84. The lowest BCUT2D eigenvalue weighted by Crippen LogP contribution is -2.35. The first kappa shape index (κ1) is 13.9. The van der Waals surface area contributed by atoms with Crippen LogP contribution in [0.4, 0.5) is 0 Å². The zero-order valence-electron chi connectivity index (χ0n) is 11.0. The van der Waals surface area contributed by atoms with Crippen LogP contribution in [0, 0.1) is 0 Å². The third kappa shape index (κ3) is 6.46. The molecule has 0 amide bonds. The molecule has 0 unspecified atom stereocenters. The standard InChI is InChI=1S/C13H28N2O/c1-3-5-10-15(13-6-7-13)11-8-14-9-12-16-4-2/h13-14H,3-12H2,1-2H3. The summed E-state index contributed by atoms with van der Waals surface area (Å²) in [4.78, 5) is 2.65. The number of ether oxygens (including phenoxy) is 1. The summed E-state index contributed by atoms with van der Waals surface area (Å²) in [6.45, 7) is 10.6. The van der Waals surface area contributed by atoms with Crippen molar-refractivity contribution in [3.8, 4) is 0 Å². The van der Waals surface area contributed by atoms with Gasteiger partial charge in [-0.3, -0.25) is 4.90 Å². The molecule has 0 aromatic heterocycles. The van der Waals surface area contributed by atoms with E-state index >= 15 is 0 Å². The number of hydrogen-bond donors (Lipinski definition) is 1. The number of nitrogens with one attached hydrogen (secondary N) is 1. The molecular formula is C13H28N2O. The van der Waals surface area contributed by atoms with Crippen molar-refractivity contribution < 1.29 is 4.74 Å². The van der Waals surface area contributed by atoms with Crippen LogP contribution in [-0.2, 0) is 4.74 Å². The number of hydrogen-bond acceptors (Lipinski definition) is 3. The largest absolute Gasteiger partial charge is 0.380 e. The summed E-state index contributed by atoms with van der Waals surface area (Å²) in [6.07, 6.45) is 5.49. The van der Waals surface area contributed by atoms with Crippen LogP contribution in [0.15, 0.2) is 0 Å². The molecule has 96 valence electrons. The summed E-state index contributed by atoms with van der Waals surface area (Å²) < 4.78 is 5.29. The molecule has 1 fully saturated rings. The molecule has 0 heterocycles. The average Bonchev–Trinajstić information content (AvgIpc) is 3.11. The van der Waals surface area contributed by atoms with Gasteiger partial charge in [-0.05, 0) is 32.7 Å². The van der Waals surface area contributed by atoms with Gasteiger partial charge in [-0.2, -0.15) is 0 Å². The van der Waals surface area contributed by atoms with Gasteiger partial charge in [0.15, 0.2) is 0 Å². The fourth-order valence-electron chi connectivity index (χ4n) is 1.91. The third-order valence-electron chi connectivity index (χ3n) is 3.07. The zero-order chi connectivity index (χ0) is 11.6. The molecule has 1 aliphatic rings. The van der Waals surface area contributed by atoms with Crippen molar-refractivity contribution in [3.63, 3.8) is 0 Å². The van der Waals surface area contributed by atoms with Gasteiger partial charge in [-0.15, -0.1) is 0 Å². The molecule has 0 aromatic rings. The molecule has 1 saturated carbocycles. The van der Waals surface area contributed by atoms with Gasteiger partial charge in [-0.1, -0.05) is 13.3 Å². The van der Waals surface area contributed by atoms with Gasteiger partial charge in [-0.25, -0.2) is 0 Å². The fraction of sp³-hybridized carbons (Fsp3) is 1.00. The van der Waals surface area contributed by atoms with Gasteiger partial charge in [0.1, 0.15) is 0 Å². The van der Waals surface area contributed by atoms with Gasteiger partial charge in [0.2, 0.25) is 0 Å². The first-order valence-electron chi connectivity index (χ1n) is 6.91. The highest BCUT2D eigenvalue weighted by Crippen LogP contribution is 2.26. The molecule has 0 aromatic carbocycles. The SMILES string of the molecule is CCCCN(CCNCCOCC)C1CC1. The molecular weight excluding hydrogens is 200 g/mol. The molecule has 0 spiro atoms. The van der Waals surface area contributed by atoms with Crippen molar-refractivity contribution in [2.24, 2.45) is 0 Å². The molecule has 0 bridgehead atoms. The van der Waals surface area contributed by atoms with Crippen LogP contribution in [0.2, 0.25) is 0 Å². The van der Waals surface area contributed by atoms with E-state index in [-0.39, 0.29) is 0 Å². The van der Waals surface area contributed by atoms with E-state index in [1.807, 2.05) is 6.92 Å². The van der Waals surface area contributed by atoms with Crippen molar-refractivity contribution in [1.82, 2.24) is 10.2 Å². The van der Waals surface area contributed by atoms with Crippen LogP contribution in [0.5, 0.6) is 0 Å². The highest BCUT2D eigenvalue weighted by atomic mass is 16.5. The second kappa shape index (κ2) is 8.97.